The molecule has 2 amide bonds. The number of nitrogens with zero attached hydrogens (tertiary/aromatic N) is 1. The Balaban J connectivity index is 0.000000168. The first-order valence-corrected chi connectivity index (χ1v) is 10.8. The Morgan fingerprint density at radius 1 is 1.37 bits per heavy atom. The topological polar surface area (TPSA) is 114 Å². The van der Waals surface area contributed by atoms with Gasteiger partial charge in [0.25, 0.3) is 0 Å². The minimum absolute atomic E-state index is 0.484. The Hall–Kier alpha value is -1.61. The minimum Gasteiger partial charge on any atom is -0.386 e. The van der Waals surface area contributed by atoms with Crippen LogP contribution in [-0.2, 0) is 18.4 Å². The van der Waals surface area contributed by atoms with Crippen LogP contribution in [0.4, 0.5) is 10.5 Å². The summed E-state index contributed by atoms with van der Waals surface area (Å²) < 4.78 is 1.03. The van der Waals surface area contributed by atoms with Crippen molar-refractivity contribution in [3.8, 4) is 0 Å². The van der Waals surface area contributed by atoms with E-state index in [-0.39, 0.29) is 0 Å². The van der Waals surface area contributed by atoms with Crippen LogP contribution < -0.4 is 16.2 Å². The number of aryl methyl sites for hydroxylation is 1. The number of primary amides is 1. The molecule has 4 rings (SSSR count). The summed E-state index contributed by atoms with van der Waals surface area (Å²) in [5, 5.41) is 19.6. The minimum atomic E-state index is -0.746. The first kappa shape index (κ1) is 20.1. The number of fused-ring (bicyclic) bond motifs is 1. The number of hydrogen-bond donors (Lipinski definition) is 4. The number of aliphatic hydroxyl groups is 1. The molecule has 0 aliphatic heterocycles. The lowest BCUT2D eigenvalue weighted by molar-refractivity contribution is 0.0789. The van der Waals surface area contributed by atoms with Crippen molar-refractivity contribution in [1.29, 1.82) is 0 Å². The van der Waals surface area contributed by atoms with E-state index in [1.165, 1.54) is 30.4 Å². The molecule has 0 bridgehead atoms. The lowest BCUT2D eigenvalue weighted by atomic mass is 10.0. The van der Waals surface area contributed by atoms with Gasteiger partial charge in [0.2, 0.25) is 0 Å². The summed E-state index contributed by atoms with van der Waals surface area (Å²) in [6.07, 6.45) is 5.61. The normalized spacial score (nSPS) is 15.7. The van der Waals surface area contributed by atoms with Crippen LogP contribution in [0.25, 0.3) is 0 Å². The fraction of sp³-hybridized carbons (Fsp3) is 0.474. The monoisotopic (exact) mass is 406 g/mol. The van der Waals surface area contributed by atoms with Crippen molar-refractivity contribution >= 4 is 35.0 Å². The fourth-order valence-corrected chi connectivity index (χ4v) is 4.45. The van der Waals surface area contributed by atoms with Gasteiger partial charge in [-0.15, -0.1) is 11.3 Å². The number of anilines is 1. The molecule has 27 heavy (non-hydrogen) atoms. The summed E-state index contributed by atoms with van der Waals surface area (Å²) in [4.78, 5) is 15.6. The predicted molar refractivity (Wildman–Crippen MR) is 111 cm³/mol. The smallest absolute Gasteiger partial charge is 0.316 e. The molecule has 2 heterocycles. The molecular weight excluding hydrogens is 380 g/mol. The van der Waals surface area contributed by atoms with Gasteiger partial charge in [-0.05, 0) is 86.5 Å². The van der Waals surface area contributed by atoms with Gasteiger partial charge in [-0.1, -0.05) is 0 Å². The maximum Gasteiger partial charge on any atom is 0.316 e. The van der Waals surface area contributed by atoms with Crippen molar-refractivity contribution in [3.63, 3.8) is 0 Å². The van der Waals surface area contributed by atoms with Crippen molar-refractivity contribution < 1.29 is 9.90 Å². The second-order valence-electron chi connectivity index (χ2n) is 7.47. The number of rotatable bonds is 4. The number of thiophene rings is 1. The second-order valence-corrected chi connectivity index (χ2v) is 9.31. The molecule has 1 saturated carbocycles. The van der Waals surface area contributed by atoms with E-state index in [0.717, 1.165) is 46.1 Å². The molecule has 2 aliphatic carbocycles. The van der Waals surface area contributed by atoms with E-state index in [1.54, 1.807) is 25.2 Å². The Morgan fingerprint density at radius 3 is 2.63 bits per heavy atom. The van der Waals surface area contributed by atoms with Crippen molar-refractivity contribution in [2.75, 3.05) is 5.32 Å². The largest absolute Gasteiger partial charge is 0.386 e. The van der Waals surface area contributed by atoms with Gasteiger partial charge in [-0.3, -0.25) is 10.1 Å². The number of carbonyl (C=O) groups excluding carboxylic acids is 1. The van der Waals surface area contributed by atoms with Crippen LogP contribution in [-0.4, -0.2) is 16.1 Å². The first-order valence-electron chi connectivity index (χ1n) is 9.05. The number of urea groups is 1. The molecule has 2 aliphatic rings. The van der Waals surface area contributed by atoms with Gasteiger partial charge >= 0.3 is 6.03 Å². The third-order valence-corrected chi connectivity index (χ3v) is 6.37. The first-order chi connectivity index (χ1) is 12.8. The van der Waals surface area contributed by atoms with E-state index < -0.39 is 11.6 Å². The molecule has 6 N–H and O–H groups in total. The third-order valence-electron chi connectivity index (χ3n) is 4.72. The number of amides is 2. The lowest BCUT2D eigenvalue weighted by Crippen LogP contribution is -2.20. The summed E-state index contributed by atoms with van der Waals surface area (Å²) in [6.45, 7) is 3.53. The summed E-state index contributed by atoms with van der Waals surface area (Å²) in [6, 6.07) is 3.43. The van der Waals surface area contributed by atoms with Crippen LogP contribution >= 0.6 is 23.3 Å². The van der Waals surface area contributed by atoms with Gasteiger partial charge in [0.1, 0.15) is 0 Å². The summed E-state index contributed by atoms with van der Waals surface area (Å²) >= 11 is 2.77. The second kappa shape index (κ2) is 8.18. The SMILES string of the molecule is CC(C)(O)c1csc(SN)c1.NC(=O)Nc1cc(C2CC2)nc2c1CCC2. The maximum atomic E-state index is 11.0. The molecule has 0 atom stereocenters. The summed E-state index contributed by atoms with van der Waals surface area (Å²) in [5.74, 6) is 0.610. The van der Waals surface area contributed by atoms with E-state index >= 15 is 0 Å². The van der Waals surface area contributed by atoms with Gasteiger partial charge < -0.3 is 16.2 Å². The van der Waals surface area contributed by atoms with E-state index in [0.29, 0.717) is 5.92 Å². The zero-order chi connectivity index (χ0) is 19.6. The quantitative estimate of drug-likeness (QED) is 0.575. The summed E-state index contributed by atoms with van der Waals surface area (Å²) in [5.41, 5.74) is 9.73. The predicted octanol–water partition coefficient (Wildman–Crippen LogP) is 3.88. The van der Waals surface area contributed by atoms with Gasteiger partial charge in [0, 0.05) is 23.0 Å². The third kappa shape index (κ3) is 5.22. The van der Waals surface area contributed by atoms with Crippen molar-refractivity contribution in [1.82, 2.24) is 4.98 Å². The zero-order valence-electron chi connectivity index (χ0n) is 15.6. The van der Waals surface area contributed by atoms with Crippen LogP contribution in [0.1, 0.15) is 61.5 Å². The van der Waals surface area contributed by atoms with Crippen LogP contribution in [0.3, 0.4) is 0 Å². The Bertz CT molecular complexity index is 826. The van der Waals surface area contributed by atoms with Crippen molar-refractivity contribution in [3.05, 3.63) is 40.0 Å². The molecule has 1 fully saturated rings. The Labute approximate surface area is 167 Å². The zero-order valence-corrected chi connectivity index (χ0v) is 17.3. The van der Waals surface area contributed by atoms with E-state index in [9.17, 15) is 9.90 Å². The molecule has 0 aromatic carbocycles. The Morgan fingerprint density at radius 2 is 2.11 bits per heavy atom. The molecule has 6 nitrogen and oxygen atoms in total. The van der Waals surface area contributed by atoms with Crippen LogP contribution in [0, 0.1) is 0 Å². The molecule has 2 aromatic heterocycles. The van der Waals surface area contributed by atoms with Crippen molar-refractivity contribution in [2.24, 2.45) is 10.9 Å². The number of aromatic nitrogens is 1. The Kier molecular flexibility index (Phi) is 6.10. The van der Waals surface area contributed by atoms with Crippen LogP contribution in [0.5, 0.6) is 0 Å². The number of nitrogens with one attached hydrogen (secondary N) is 1. The average molecular weight is 407 g/mol. The van der Waals surface area contributed by atoms with Gasteiger partial charge in [0.05, 0.1) is 9.81 Å². The fourth-order valence-electron chi connectivity index (χ4n) is 3.10. The molecule has 2 aromatic rings. The van der Waals surface area contributed by atoms with Gasteiger partial charge in [0.15, 0.2) is 0 Å². The van der Waals surface area contributed by atoms with Gasteiger partial charge in [-0.25, -0.2) is 4.79 Å². The highest BCUT2D eigenvalue weighted by atomic mass is 32.2. The molecule has 0 saturated heterocycles. The van der Waals surface area contributed by atoms with Crippen LogP contribution in [0.2, 0.25) is 0 Å². The van der Waals surface area contributed by atoms with E-state index in [1.807, 2.05) is 17.5 Å². The van der Waals surface area contributed by atoms with Crippen molar-refractivity contribution in [2.45, 2.75) is 61.7 Å². The molecule has 8 heteroatoms. The highest BCUT2D eigenvalue weighted by Gasteiger charge is 2.28. The molecule has 0 radical (unpaired) electrons. The molecular formula is C19H26N4O2S2. The number of hydrogen-bond acceptors (Lipinski definition) is 6. The number of nitrogens with two attached hydrogens (primary N) is 2. The number of carbonyl (C=O) groups is 1. The van der Waals surface area contributed by atoms with Crippen LogP contribution in [0.15, 0.2) is 21.7 Å². The lowest BCUT2D eigenvalue weighted by Gasteiger charge is -2.14. The van der Waals surface area contributed by atoms with E-state index in [4.69, 9.17) is 15.9 Å². The molecule has 0 spiro atoms. The highest BCUT2D eigenvalue weighted by Crippen LogP contribution is 2.41. The maximum absolute atomic E-state index is 11.0. The summed E-state index contributed by atoms with van der Waals surface area (Å²) in [7, 11) is 0. The molecule has 0 unspecified atom stereocenters. The van der Waals surface area contributed by atoms with Gasteiger partial charge in [-0.2, -0.15) is 0 Å². The standard InChI is InChI=1S/C12H15N3O.C7H11NOS2/c13-12(16)15-11-6-10(7-4-5-7)14-9-3-1-2-8(9)11;1-7(2,9)5-3-6(11-8)10-4-5/h6-7H,1-5H2,(H3,13,14,15,16);3-4,9H,8H2,1-2H3. The number of pyridine rings is 1. The molecule has 146 valence electrons. The van der Waals surface area contributed by atoms with E-state index in [2.05, 4.69) is 5.32 Å². The highest BCUT2D eigenvalue weighted by molar-refractivity contribution is 7.99. The average Bonchev–Trinajstić information content (AvgIpc) is 3.13.